The standard InChI is InChI=1S/C16H17N3O7S2/c1-9-7-18(16(22)17-15(9)21)14-6-13(12(8-20)26-14)28(25)27-11-4-2-10(3-5-11)19(23)24/h2-5,7,12-14,20H,6,8H2,1H3,(H,17,21,22)/t12-,13-,14-,28?/m1/s1. The first-order chi connectivity index (χ1) is 13.3. The molecule has 1 aliphatic rings. The molecule has 1 saturated heterocycles. The monoisotopic (exact) mass is 427 g/mol. The number of hydrogen-bond donors (Lipinski definition) is 2. The molecule has 150 valence electrons. The second kappa shape index (κ2) is 8.39. The molecule has 12 heteroatoms. The summed E-state index contributed by atoms with van der Waals surface area (Å²) in [6.45, 7) is 1.16. The smallest absolute Gasteiger partial charge is 0.330 e. The maximum absolute atomic E-state index is 12.8. The van der Waals surface area contributed by atoms with E-state index in [-0.39, 0.29) is 18.7 Å². The Morgan fingerprint density at radius 3 is 2.68 bits per heavy atom. The molecule has 1 aromatic carbocycles. The molecule has 1 unspecified atom stereocenters. The second-order valence-corrected chi connectivity index (χ2v) is 9.41. The SMILES string of the molecule is Cc1cn([C@H]2C[C@@H](S(=O)Sc3ccc([N+](=O)[O-])cc3)[C@@H](CO)O2)c(=O)[nH]c1=O. The van der Waals surface area contributed by atoms with Crippen molar-refractivity contribution in [3.05, 3.63) is 67.0 Å². The third-order valence-electron chi connectivity index (χ3n) is 4.29. The summed E-state index contributed by atoms with van der Waals surface area (Å²) in [6, 6.07) is 5.63. The Balaban J connectivity index is 1.77. The van der Waals surface area contributed by atoms with Crippen LogP contribution in [0.15, 0.2) is 44.9 Å². The lowest BCUT2D eigenvalue weighted by molar-refractivity contribution is -0.384. The number of nitro groups is 1. The molecule has 2 heterocycles. The summed E-state index contributed by atoms with van der Waals surface area (Å²) < 4.78 is 19.7. The van der Waals surface area contributed by atoms with Gasteiger partial charge in [0, 0.05) is 35.2 Å². The van der Waals surface area contributed by atoms with Gasteiger partial charge < -0.3 is 9.84 Å². The Morgan fingerprint density at radius 2 is 2.07 bits per heavy atom. The van der Waals surface area contributed by atoms with Crippen LogP contribution in [0.5, 0.6) is 0 Å². The molecule has 1 aromatic heterocycles. The molecule has 0 spiro atoms. The van der Waals surface area contributed by atoms with Gasteiger partial charge in [0.1, 0.15) is 6.23 Å². The minimum absolute atomic E-state index is 0.0690. The van der Waals surface area contributed by atoms with Crippen LogP contribution in [-0.2, 0) is 14.6 Å². The number of nitro benzene ring substituents is 1. The van der Waals surface area contributed by atoms with Crippen molar-refractivity contribution in [2.75, 3.05) is 6.61 Å². The number of non-ortho nitro benzene ring substituents is 1. The number of aromatic nitrogens is 2. The molecule has 2 N–H and O–H groups in total. The molecule has 28 heavy (non-hydrogen) atoms. The van der Waals surface area contributed by atoms with Gasteiger partial charge in [-0.2, -0.15) is 0 Å². The van der Waals surface area contributed by atoms with Crippen LogP contribution in [-0.4, -0.2) is 41.8 Å². The first-order valence-electron chi connectivity index (χ1n) is 8.22. The molecular formula is C16H17N3O7S2. The Hall–Kier alpha value is -2.28. The molecule has 0 amide bonds. The highest BCUT2D eigenvalue weighted by atomic mass is 33.1. The van der Waals surface area contributed by atoms with E-state index in [4.69, 9.17) is 4.74 Å². The van der Waals surface area contributed by atoms with E-state index in [1.807, 2.05) is 0 Å². The van der Waals surface area contributed by atoms with Crippen molar-refractivity contribution in [1.29, 1.82) is 0 Å². The molecule has 0 saturated carbocycles. The second-order valence-electron chi connectivity index (χ2n) is 6.16. The Labute approximate surface area is 164 Å². The molecule has 10 nitrogen and oxygen atoms in total. The minimum atomic E-state index is -1.53. The van der Waals surface area contributed by atoms with E-state index in [1.165, 1.54) is 35.0 Å². The molecule has 2 aromatic rings. The van der Waals surface area contributed by atoms with Crippen molar-refractivity contribution in [3.8, 4) is 0 Å². The Morgan fingerprint density at radius 1 is 1.39 bits per heavy atom. The number of nitrogens with one attached hydrogen (secondary N) is 1. The number of ether oxygens (including phenoxy) is 1. The van der Waals surface area contributed by atoms with Crippen LogP contribution in [0.25, 0.3) is 0 Å². The van der Waals surface area contributed by atoms with Crippen LogP contribution in [0.3, 0.4) is 0 Å². The normalized spacial score (nSPS) is 22.9. The van der Waals surface area contributed by atoms with Crippen LogP contribution in [0.1, 0.15) is 18.2 Å². The van der Waals surface area contributed by atoms with Crippen molar-refractivity contribution < 1.29 is 19.0 Å². The first-order valence-corrected chi connectivity index (χ1v) is 10.8. The fraction of sp³-hybridized carbons (Fsp3) is 0.375. The third kappa shape index (κ3) is 4.24. The highest BCUT2D eigenvalue weighted by molar-refractivity contribution is 8.69. The van der Waals surface area contributed by atoms with Crippen molar-refractivity contribution >= 4 is 26.3 Å². The highest BCUT2D eigenvalue weighted by Crippen LogP contribution is 2.36. The zero-order chi connectivity index (χ0) is 20.4. The number of nitrogens with zero attached hydrogens (tertiary/aromatic N) is 2. The largest absolute Gasteiger partial charge is 0.394 e. The maximum atomic E-state index is 12.8. The van der Waals surface area contributed by atoms with Gasteiger partial charge >= 0.3 is 5.69 Å². The van der Waals surface area contributed by atoms with Gasteiger partial charge in [0.25, 0.3) is 11.2 Å². The number of aromatic amines is 1. The van der Waals surface area contributed by atoms with Gasteiger partial charge in [-0.05, 0) is 29.9 Å². The molecular weight excluding hydrogens is 410 g/mol. The number of hydrogen-bond acceptors (Lipinski definition) is 8. The molecule has 0 radical (unpaired) electrons. The van der Waals surface area contributed by atoms with Gasteiger partial charge in [0.05, 0.1) is 32.7 Å². The Bertz CT molecular complexity index is 1020. The average Bonchev–Trinajstić information content (AvgIpc) is 3.09. The lowest BCUT2D eigenvalue weighted by Gasteiger charge is -2.15. The zero-order valence-corrected chi connectivity index (χ0v) is 16.3. The van der Waals surface area contributed by atoms with Gasteiger partial charge in [-0.25, -0.2) is 9.00 Å². The van der Waals surface area contributed by atoms with Gasteiger partial charge in [0.15, 0.2) is 0 Å². The topological polar surface area (TPSA) is 145 Å². The number of aliphatic hydroxyl groups is 1. The first kappa shape index (κ1) is 20.5. The summed E-state index contributed by atoms with van der Waals surface area (Å²) in [5, 5.41) is 19.7. The van der Waals surface area contributed by atoms with E-state index < -0.39 is 43.6 Å². The maximum Gasteiger partial charge on any atom is 0.330 e. The fourth-order valence-electron chi connectivity index (χ4n) is 2.82. The number of aryl methyl sites for hydroxylation is 1. The summed E-state index contributed by atoms with van der Waals surface area (Å²) in [7, 11) is -0.529. The summed E-state index contributed by atoms with van der Waals surface area (Å²) >= 11 is 0. The average molecular weight is 427 g/mol. The van der Waals surface area contributed by atoms with Gasteiger partial charge in [-0.15, -0.1) is 0 Å². The predicted octanol–water partition coefficient (Wildman–Crippen LogP) is 0.858. The molecule has 1 fully saturated rings. The molecule has 3 rings (SSSR count). The van der Waals surface area contributed by atoms with E-state index in [9.17, 15) is 29.0 Å². The zero-order valence-electron chi connectivity index (χ0n) is 14.6. The number of aliphatic hydroxyl groups excluding tert-OH is 1. The number of benzene rings is 1. The van der Waals surface area contributed by atoms with Crippen molar-refractivity contribution in [1.82, 2.24) is 9.55 Å². The summed E-state index contributed by atoms with van der Waals surface area (Å²) in [5.41, 5.74) is -0.882. The van der Waals surface area contributed by atoms with Crippen LogP contribution in [0, 0.1) is 17.0 Å². The molecule has 1 aliphatic heterocycles. The number of H-pyrrole nitrogens is 1. The number of rotatable bonds is 6. The quantitative estimate of drug-likeness (QED) is 0.392. The lowest BCUT2D eigenvalue weighted by Crippen LogP contribution is -2.33. The van der Waals surface area contributed by atoms with E-state index in [2.05, 4.69) is 4.98 Å². The molecule has 0 bridgehead atoms. The molecule has 0 aliphatic carbocycles. The highest BCUT2D eigenvalue weighted by Gasteiger charge is 2.40. The minimum Gasteiger partial charge on any atom is -0.394 e. The van der Waals surface area contributed by atoms with E-state index in [1.54, 1.807) is 6.92 Å². The van der Waals surface area contributed by atoms with Crippen molar-refractivity contribution in [2.45, 2.75) is 35.8 Å². The lowest BCUT2D eigenvalue weighted by atomic mass is 10.2. The van der Waals surface area contributed by atoms with Crippen molar-refractivity contribution in [3.63, 3.8) is 0 Å². The predicted molar refractivity (Wildman–Crippen MR) is 103 cm³/mol. The Kier molecular flexibility index (Phi) is 6.13. The van der Waals surface area contributed by atoms with Crippen LogP contribution in [0.2, 0.25) is 0 Å². The summed E-state index contributed by atoms with van der Waals surface area (Å²) in [4.78, 5) is 36.5. The van der Waals surface area contributed by atoms with Crippen LogP contribution < -0.4 is 11.2 Å². The van der Waals surface area contributed by atoms with E-state index >= 15 is 0 Å². The van der Waals surface area contributed by atoms with Crippen LogP contribution in [0.4, 0.5) is 5.69 Å². The molecule has 4 atom stereocenters. The van der Waals surface area contributed by atoms with Crippen LogP contribution >= 0.6 is 10.8 Å². The van der Waals surface area contributed by atoms with Gasteiger partial charge in [-0.1, -0.05) is 0 Å². The fourth-order valence-corrected chi connectivity index (χ4v) is 5.98. The van der Waals surface area contributed by atoms with E-state index in [0.29, 0.717) is 10.5 Å². The van der Waals surface area contributed by atoms with E-state index in [0.717, 1.165) is 10.8 Å². The summed E-state index contributed by atoms with van der Waals surface area (Å²) in [6.07, 6.45) is 0.0419. The van der Waals surface area contributed by atoms with Crippen molar-refractivity contribution in [2.24, 2.45) is 0 Å². The van der Waals surface area contributed by atoms with Gasteiger partial charge in [-0.3, -0.25) is 24.5 Å². The van der Waals surface area contributed by atoms with Gasteiger partial charge in [0.2, 0.25) is 0 Å². The third-order valence-corrected chi connectivity index (χ3v) is 7.72. The summed E-state index contributed by atoms with van der Waals surface area (Å²) in [5.74, 6) is 0.